The van der Waals surface area contributed by atoms with Gasteiger partial charge in [-0.15, -0.1) is 0 Å². The summed E-state index contributed by atoms with van der Waals surface area (Å²) in [6.45, 7) is 16.6. The van der Waals surface area contributed by atoms with E-state index in [0.29, 0.717) is 31.3 Å². The van der Waals surface area contributed by atoms with Crippen LogP contribution in [0.2, 0.25) is 0 Å². The van der Waals surface area contributed by atoms with E-state index in [0.717, 1.165) is 66.3 Å². The first-order chi connectivity index (χ1) is 16.3. The molecule has 0 saturated carbocycles. The van der Waals surface area contributed by atoms with Gasteiger partial charge < -0.3 is 15.6 Å². The topological polar surface area (TPSA) is 44.8 Å². The smallest absolute Gasteiger partial charge is 1.00 e. The number of hydrogen-bond acceptors (Lipinski definition) is 4. The molecule has 0 bridgehead atoms. The third-order valence-corrected chi connectivity index (χ3v) is 7.36. The van der Waals surface area contributed by atoms with Crippen LogP contribution in [0.4, 0.5) is 0 Å². The predicted molar refractivity (Wildman–Crippen MR) is 146 cm³/mol. The summed E-state index contributed by atoms with van der Waals surface area (Å²) < 4.78 is 18.4. The quantitative estimate of drug-likeness (QED) is 0.204. The Hall–Kier alpha value is -1.46. The zero-order chi connectivity index (χ0) is 25.1. The average molecular weight is 495 g/mol. The molecular weight excluding hydrogens is 450 g/mol. The summed E-state index contributed by atoms with van der Waals surface area (Å²) >= 11 is 0. The molecule has 6 heteroatoms. The van der Waals surface area contributed by atoms with E-state index in [4.69, 9.17) is 14.2 Å². The third-order valence-electron chi connectivity index (χ3n) is 6.14. The van der Waals surface area contributed by atoms with Crippen LogP contribution in [-0.4, -0.2) is 25.3 Å². The molecule has 0 aromatic heterocycles. The van der Waals surface area contributed by atoms with Gasteiger partial charge in [-0.1, -0.05) is 46.1 Å². The Labute approximate surface area is 228 Å². The average Bonchev–Trinajstić information content (AvgIpc) is 2.80. The maximum atomic E-state index is 13.6. The second-order valence-electron chi connectivity index (χ2n) is 8.99. The molecule has 190 valence electrons. The summed E-state index contributed by atoms with van der Waals surface area (Å²) in [5.41, 5.74) is 5.44. The van der Waals surface area contributed by atoms with Gasteiger partial charge in [0.1, 0.15) is 17.2 Å². The zero-order valence-corrected chi connectivity index (χ0v) is 24.2. The van der Waals surface area contributed by atoms with Gasteiger partial charge in [0.15, 0.2) is 5.52 Å². The normalized spacial score (nSPS) is 10.9. The van der Waals surface area contributed by atoms with Gasteiger partial charge in [-0.25, -0.2) is 0 Å². The molecule has 1 unspecified atom stereocenters. The van der Waals surface area contributed by atoms with Gasteiger partial charge in [-0.05, 0) is 77.8 Å². The summed E-state index contributed by atoms with van der Waals surface area (Å²) in [6, 6.07) is 5.99. The molecule has 2 aromatic carbocycles. The molecule has 4 nitrogen and oxygen atoms in total. The van der Waals surface area contributed by atoms with Crippen LogP contribution >= 0.6 is 8.58 Å². The van der Waals surface area contributed by atoms with E-state index in [-0.39, 0.29) is 34.4 Å². The van der Waals surface area contributed by atoms with Crippen molar-refractivity contribution in [1.82, 2.24) is 0 Å². The second kappa shape index (κ2) is 16.3. The standard InChI is InChI=1S/C29H43O4P.Li.H/c1-8-11-14-31-24-18-25(32-15-12-9-2)28(26(19-24)33-16-13-10-3)34-29(30)27-21(5)17-20(4)22(6)23(27)7;;/h17-19,34H,8-16H2,1-7H3;;/q;+1;-1. The van der Waals surface area contributed by atoms with Crippen molar-refractivity contribution in [3.63, 3.8) is 0 Å². The Morgan fingerprint density at radius 3 is 1.71 bits per heavy atom. The van der Waals surface area contributed by atoms with Gasteiger partial charge in [0.2, 0.25) is 0 Å². The number of ether oxygens (including phenoxy) is 3. The van der Waals surface area contributed by atoms with Crippen LogP contribution in [0.1, 0.15) is 93.3 Å². The molecule has 0 heterocycles. The van der Waals surface area contributed by atoms with Gasteiger partial charge in [0.25, 0.3) is 0 Å². The largest absolute Gasteiger partial charge is 1.00 e. The maximum Gasteiger partial charge on any atom is 1.00 e. The van der Waals surface area contributed by atoms with Crippen molar-refractivity contribution in [2.45, 2.75) is 87.0 Å². The number of rotatable bonds is 15. The number of unbranched alkanes of at least 4 members (excludes halogenated alkanes) is 3. The van der Waals surface area contributed by atoms with Crippen LogP contribution in [0.3, 0.4) is 0 Å². The van der Waals surface area contributed by atoms with E-state index < -0.39 is 0 Å². The minimum atomic E-state index is -0.0826. The fourth-order valence-electron chi connectivity index (χ4n) is 3.80. The molecule has 2 rings (SSSR count). The first-order valence-electron chi connectivity index (χ1n) is 12.8. The molecule has 0 spiro atoms. The first kappa shape index (κ1) is 31.6. The fraction of sp³-hybridized carbons (Fsp3) is 0.552. The van der Waals surface area contributed by atoms with Crippen molar-refractivity contribution >= 4 is 19.4 Å². The molecule has 0 saturated heterocycles. The molecule has 0 aliphatic carbocycles. The number of benzene rings is 2. The fourth-order valence-corrected chi connectivity index (χ4v) is 5.07. The Balaban J connectivity index is 0.00000612. The van der Waals surface area contributed by atoms with Crippen molar-refractivity contribution in [3.05, 3.63) is 46.0 Å². The van der Waals surface area contributed by atoms with Crippen molar-refractivity contribution in [1.29, 1.82) is 0 Å². The summed E-state index contributed by atoms with van der Waals surface area (Å²) in [6.07, 6.45) is 6.07. The third kappa shape index (κ3) is 9.17. The summed E-state index contributed by atoms with van der Waals surface area (Å²) in [4.78, 5) is 13.6. The van der Waals surface area contributed by atoms with Gasteiger partial charge in [-0.2, -0.15) is 0 Å². The van der Waals surface area contributed by atoms with Gasteiger partial charge in [-0.3, -0.25) is 4.79 Å². The van der Waals surface area contributed by atoms with Crippen molar-refractivity contribution in [3.8, 4) is 17.2 Å². The van der Waals surface area contributed by atoms with Crippen LogP contribution in [0.5, 0.6) is 17.2 Å². The monoisotopic (exact) mass is 494 g/mol. The van der Waals surface area contributed by atoms with E-state index in [1.807, 2.05) is 19.1 Å². The Morgan fingerprint density at radius 2 is 1.23 bits per heavy atom. The van der Waals surface area contributed by atoms with Gasteiger partial charge in [0, 0.05) is 17.7 Å². The first-order valence-corrected chi connectivity index (χ1v) is 13.8. The van der Waals surface area contributed by atoms with Gasteiger partial charge in [0.05, 0.1) is 25.1 Å². The molecule has 0 N–H and O–H groups in total. The molecule has 0 fully saturated rings. The van der Waals surface area contributed by atoms with Crippen molar-refractivity contribution < 1.29 is 39.3 Å². The SMILES string of the molecule is CCCCOc1cc(OCCCC)c(PC(=O)c2c(C)cc(C)c(C)c2C)c(OCCCC)c1.[H-].[Li+]. The number of carbonyl (C=O) groups excluding carboxylic acids is 1. The van der Waals surface area contributed by atoms with E-state index in [2.05, 4.69) is 47.6 Å². The van der Waals surface area contributed by atoms with Crippen LogP contribution in [0.15, 0.2) is 18.2 Å². The van der Waals surface area contributed by atoms with Crippen LogP contribution < -0.4 is 38.4 Å². The van der Waals surface area contributed by atoms with E-state index in [1.165, 1.54) is 11.1 Å². The Bertz CT molecular complexity index is 934. The minimum absolute atomic E-state index is 0. The molecule has 0 aliphatic rings. The molecular formula is C29H44LiO4P. The molecule has 35 heavy (non-hydrogen) atoms. The Morgan fingerprint density at radius 1 is 0.743 bits per heavy atom. The molecule has 0 aliphatic heterocycles. The van der Waals surface area contributed by atoms with Crippen LogP contribution in [-0.2, 0) is 0 Å². The molecule has 0 radical (unpaired) electrons. The predicted octanol–water partition coefficient (Wildman–Crippen LogP) is 4.72. The number of aryl methyl sites for hydroxylation is 2. The summed E-state index contributed by atoms with van der Waals surface area (Å²) in [5.74, 6) is 2.16. The number of hydrogen-bond donors (Lipinski definition) is 0. The van der Waals surface area contributed by atoms with Crippen molar-refractivity contribution in [2.75, 3.05) is 19.8 Å². The number of carbonyl (C=O) groups is 1. The maximum absolute atomic E-state index is 13.6. The van der Waals surface area contributed by atoms with E-state index in [1.54, 1.807) is 0 Å². The van der Waals surface area contributed by atoms with Gasteiger partial charge >= 0.3 is 18.9 Å². The Kier molecular flexibility index (Phi) is 14.7. The van der Waals surface area contributed by atoms with E-state index >= 15 is 0 Å². The minimum Gasteiger partial charge on any atom is -1.00 e. The second-order valence-corrected chi connectivity index (χ2v) is 10.2. The van der Waals surface area contributed by atoms with Crippen LogP contribution in [0.25, 0.3) is 0 Å². The molecule has 0 amide bonds. The zero-order valence-electron chi connectivity index (χ0n) is 24.2. The van der Waals surface area contributed by atoms with E-state index in [9.17, 15) is 4.79 Å². The summed E-state index contributed by atoms with van der Waals surface area (Å²) in [5, 5.41) is 0.845. The van der Waals surface area contributed by atoms with Crippen LogP contribution in [0, 0.1) is 27.7 Å². The molecule has 2 aromatic rings. The molecule has 1 atom stereocenters. The summed E-state index contributed by atoms with van der Waals surface area (Å²) in [7, 11) is -0.0826. The van der Waals surface area contributed by atoms with Crippen molar-refractivity contribution in [2.24, 2.45) is 0 Å².